The van der Waals surface area contributed by atoms with Crippen LogP contribution in [0.5, 0.6) is 0 Å². The number of rotatable bonds is 34. The Hall–Kier alpha value is -1.87. The average Bonchev–Trinajstić information content (AvgIpc) is 3.13. The second-order valence-corrected chi connectivity index (χ2v) is 16.1. The number of unbranched alkanes of at least 4 members (excludes halogenated alkanes) is 18. The molecule has 4 N–H and O–H groups in total. The number of carbonyl (C=O) groups excluding carboxylic acids is 2. The van der Waals surface area contributed by atoms with Gasteiger partial charge in [-0.3, -0.25) is 14.1 Å². The smallest absolute Gasteiger partial charge is 0.306 e. The monoisotopic (exact) mass is 790 g/mol. The van der Waals surface area contributed by atoms with Crippen molar-refractivity contribution in [3.63, 3.8) is 0 Å². The molecule has 1 saturated heterocycles. The highest BCUT2D eigenvalue weighted by atomic mass is 32.2. The van der Waals surface area contributed by atoms with Gasteiger partial charge in [0.15, 0.2) is 12.4 Å². The summed E-state index contributed by atoms with van der Waals surface area (Å²) in [5.41, 5.74) is 0. The first kappa shape index (κ1) is 50.1. The Bertz CT molecular complexity index is 1110. The van der Waals surface area contributed by atoms with Gasteiger partial charge in [-0.05, 0) is 64.2 Å². The molecule has 1 aliphatic heterocycles. The van der Waals surface area contributed by atoms with Gasteiger partial charge in [0.25, 0.3) is 10.1 Å². The van der Waals surface area contributed by atoms with E-state index in [0.29, 0.717) is 12.8 Å². The second kappa shape index (κ2) is 32.2. The Morgan fingerprint density at radius 1 is 0.611 bits per heavy atom. The maximum atomic E-state index is 12.7. The van der Waals surface area contributed by atoms with Crippen molar-refractivity contribution in [3.05, 3.63) is 24.3 Å². The topological polar surface area (TPSA) is 186 Å². The fourth-order valence-corrected chi connectivity index (χ4v) is 6.88. The van der Waals surface area contributed by atoms with E-state index >= 15 is 0 Å². The normalized spacial score (nSPS) is 21.2. The molecule has 1 fully saturated rings. The largest absolute Gasteiger partial charge is 0.462 e. The molecule has 2 unspecified atom stereocenters. The Kier molecular flexibility index (Phi) is 29.9. The van der Waals surface area contributed by atoms with Crippen LogP contribution in [0.25, 0.3) is 0 Å². The third kappa shape index (κ3) is 26.9. The van der Waals surface area contributed by atoms with Crippen LogP contribution in [0.1, 0.15) is 168 Å². The summed E-state index contributed by atoms with van der Waals surface area (Å²) in [4.78, 5) is 25.3. The SMILES string of the molecule is CCCCCCCC/C=C/CCCCCC(=O)OC[C@H](CO[C@@H]1O[C@@H](CS(=O)(=O)O)[C@H](O)C(O)C1O)OC(=O)CCCCC/C=C/CCCCCCCC. The Morgan fingerprint density at radius 3 is 1.54 bits per heavy atom. The molecule has 0 radical (unpaired) electrons. The van der Waals surface area contributed by atoms with Crippen LogP contribution >= 0.6 is 0 Å². The molecular formula is C41H74O12S. The van der Waals surface area contributed by atoms with Crippen molar-refractivity contribution in [2.45, 2.75) is 205 Å². The first-order valence-corrected chi connectivity index (χ1v) is 22.5. The molecule has 6 atom stereocenters. The van der Waals surface area contributed by atoms with Gasteiger partial charge in [0, 0.05) is 12.8 Å². The van der Waals surface area contributed by atoms with Gasteiger partial charge in [0.05, 0.1) is 6.61 Å². The molecule has 1 heterocycles. The lowest BCUT2D eigenvalue weighted by atomic mass is 10.00. The van der Waals surface area contributed by atoms with Gasteiger partial charge in [-0.15, -0.1) is 0 Å². The minimum Gasteiger partial charge on any atom is -0.462 e. The number of aliphatic hydroxyl groups excluding tert-OH is 3. The number of hydrogen-bond donors (Lipinski definition) is 4. The van der Waals surface area contributed by atoms with Crippen LogP contribution in [0.15, 0.2) is 24.3 Å². The van der Waals surface area contributed by atoms with Gasteiger partial charge in [0.1, 0.15) is 36.8 Å². The summed E-state index contributed by atoms with van der Waals surface area (Å²) in [6.07, 6.45) is 23.8. The highest BCUT2D eigenvalue weighted by molar-refractivity contribution is 7.85. The lowest BCUT2D eigenvalue weighted by Gasteiger charge is -2.40. The molecule has 1 rings (SSSR count). The zero-order chi connectivity index (χ0) is 39.9. The highest BCUT2D eigenvalue weighted by Gasteiger charge is 2.46. The minimum atomic E-state index is -4.60. The first-order valence-electron chi connectivity index (χ1n) is 20.9. The molecule has 0 aromatic carbocycles. The molecule has 1 aliphatic rings. The van der Waals surface area contributed by atoms with E-state index in [1.54, 1.807) is 0 Å². The number of allylic oxidation sites excluding steroid dienone is 4. The van der Waals surface area contributed by atoms with E-state index < -0.39 is 71.2 Å². The van der Waals surface area contributed by atoms with E-state index in [-0.39, 0.29) is 19.4 Å². The second-order valence-electron chi connectivity index (χ2n) is 14.6. The highest BCUT2D eigenvalue weighted by Crippen LogP contribution is 2.24. The maximum Gasteiger partial charge on any atom is 0.306 e. The first-order chi connectivity index (χ1) is 26.0. The van der Waals surface area contributed by atoms with Gasteiger partial charge in [-0.1, -0.05) is 115 Å². The van der Waals surface area contributed by atoms with Crippen molar-refractivity contribution in [1.82, 2.24) is 0 Å². The molecular weight excluding hydrogens is 717 g/mol. The van der Waals surface area contributed by atoms with Crippen molar-refractivity contribution in [1.29, 1.82) is 0 Å². The van der Waals surface area contributed by atoms with E-state index in [2.05, 4.69) is 38.2 Å². The maximum absolute atomic E-state index is 12.7. The molecule has 0 amide bonds. The summed E-state index contributed by atoms with van der Waals surface area (Å²) in [5, 5.41) is 30.8. The fraction of sp³-hybridized carbons (Fsp3) is 0.854. The van der Waals surface area contributed by atoms with Gasteiger partial charge in [-0.25, -0.2) is 0 Å². The van der Waals surface area contributed by atoms with Crippen LogP contribution in [-0.4, -0.2) is 96.0 Å². The van der Waals surface area contributed by atoms with Crippen LogP contribution in [0.3, 0.4) is 0 Å². The molecule has 0 saturated carbocycles. The third-order valence-corrected chi connectivity index (χ3v) is 10.3. The van der Waals surface area contributed by atoms with Crippen LogP contribution in [-0.2, 0) is 38.7 Å². The molecule has 0 aromatic rings. The number of esters is 2. The van der Waals surface area contributed by atoms with E-state index in [4.69, 9.17) is 18.9 Å². The zero-order valence-corrected chi connectivity index (χ0v) is 34.1. The molecule has 12 nitrogen and oxygen atoms in total. The Morgan fingerprint density at radius 2 is 1.06 bits per heavy atom. The molecule has 0 spiro atoms. The standard InChI is InChI=1S/C41H74O12S/c1-3-5-7-9-11-13-15-17-19-21-23-25-27-29-36(42)50-31-34(32-51-41-40(46)39(45)38(44)35(53-41)33-54(47,48)49)52-37(43)30-28-26-24-22-20-18-16-14-12-10-8-6-4-2/h17-20,34-35,38-41,44-46H,3-16,21-33H2,1-2H3,(H,47,48,49)/b19-17+,20-18+/t34-,35+,38+,39?,40?,41-/m1/s1. The van der Waals surface area contributed by atoms with Crippen molar-refractivity contribution in [2.24, 2.45) is 0 Å². The van der Waals surface area contributed by atoms with Crippen LogP contribution in [0.4, 0.5) is 0 Å². The van der Waals surface area contributed by atoms with Crippen LogP contribution in [0, 0.1) is 0 Å². The lowest BCUT2D eigenvalue weighted by Crippen LogP contribution is -2.60. The van der Waals surface area contributed by atoms with Crippen molar-refractivity contribution < 1.29 is 56.8 Å². The summed E-state index contributed by atoms with van der Waals surface area (Å²) < 4.78 is 53.9. The van der Waals surface area contributed by atoms with Crippen molar-refractivity contribution in [3.8, 4) is 0 Å². The lowest BCUT2D eigenvalue weighted by molar-refractivity contribution is -0.297. The average molecular weight is 791 g/mol. The predicted octanol–water partition coefficient (Wildman–Crippen LogP) is 7.67. The van der Waals surface area contributed by atoms with Gasteiger partial charge in [0.2, 0.25) is 0 Å². The molecule has 0 aliphatic carbocycles. The van der Waals surface area contributed by atoms with Crippen LogP contribution < -0.4 is 0 Å². The Labute approximate surface area is 326 Å². The summed E-state index contributed by atoms with van der Waals surface area (Å²) in [6.45, 7) is 3.70. The summed E-state index contributed by atoms with van der Waals surface area (Å²) in [6, 6.07) is 0. The summed E-state index contributed by atoms with van der Waals surface area (Å²) in [5.74, 6) is -2.02. The molecule has 316 valence electrons. The molecule has 0 aromatic heterocycles. The Balaban J connectivity index is 2.52. The minimum absolute atomic E-state index is 0.142. The number of aliphatic hydroxyl groups is 3. The molecule has 0 bridgehead atoms. The molecule has 54 heavy (non-hydrogen) atoms. The predicted molar refractivity (Wildman–Crippen MR) is 210 cm³/mol. The van der Waals surface area contributed by atoms with E-state index in [9.17, 15) is 37.9 Å². The zero-order valence-electron chi connectivity index (χ0n) is 33.3. The van der Waals surface area contributed by atoms with Gasteiger partial charge in [-0.2, -0.15) is 8.42 Å². The van der Waals surface area contributed by atoms with Gasteiger partial charge >= 0.3 is 11.9 Å². The number of carbonyl (C=O) groups is 2. The van der Waals surface area contributed by atoms with E-state index in [1.165, 1.54) is 77.0 Å². The van der Waals surface area contributed by atoms with Crippen LogP contribution in [0.2, 0.25) is 0 Å². The molecule has 13 heteroatoms. The number of hydrogen-bond acceptors (Lipinski definition) is 11. The van der Waals surface area contributed by atoms with Crippen molar-refractivity contribution in [2.75, 3.05) is 19.0 Å². The van der Waals surface area contributed by atoms with E-state index in [1.807, 2.05) is 0 Å². The quantitative estimate of drug-likeness (QED) is 0.0216. The summed E-state index contributed by atoms with van der Waals surface area (Å²) >= 11 is 0. The van der Waals surface area contributed by atoms with E-state index in [0.717, 1.165) is 51.4 Å². The fourth-order valence-electron chi connectivity index (χ4n) is 6.19. The van der Waals surface area contributed by atoms with Crippen molar-refractivity contribution >= 4 is 22.1 Å². The third-order valence-electron chi connectivity index (χ3n) is 9.50. The summed E-state index contributed by atoms with van der Waals surface area (Å²) in [7, 11) is -4.60. The van der Waals surface area contributed by atoms with Gasteiger partial charge < -0.3 is 34.3 Å². The number of ether oxygens (including phenoxy) is 4.